The van der Waals surface area contributed by atoms with E-state index in [9.17, 15) is 20.2 Å². The molecule has 0 saturated carbocycles. The monoisotopic (exact) mass is 326 g/mol. The molecule has 0 aliphatic carbocycles. The third-order valence-electron chi connectivity index (χ3n) is 3.34. The molecule has 0 N–H and O–H groups in total. The van der Waals surface area contributed by atoms with Crippen LogP contribution in [0.3, 0.4) is 0 Å². The summed E-state index contributed by atoms with van der Waals surface area (Å²) in [5, 5.41) is 29.5. The van der Waals surface area contributed by atoms with Crippen molar-refractivity contribution in [3.8, 4) is 0 Å². The van der Waals surface area contributed by atoms with Gasteiger partial charge in [0.05, 0.1) is 21.3 Å². The Kier molecular flexibility index (Phi) is 5.10. The van der Waals surface area contributed by atoms with Gasteiger partial charge in [-0.15, -0.1) is 0 Å². The SMILES string of the molecule is CC(=N/N=C(\C)c1ccc([N+](=O)[O-])cc1)c1ccc([N+](=O)[O-])cc1. The first-order valence-electron chi connectivity index (χ1n) is 6.97. The van der Waals surface area contributed by atoms with Gasteiger partial charge in [-0.05, 0) is 49.2 Å². The van der Waals surface area contributed by atoms with E-state index in [0.717, 1.165) is 11.1 Å². The van der Waals surface area contributed by atoms with Crippen molar-refractivity contribution >= 4 is 22.8 Å². The molecule has 0 heterocycles. The number of nitrogens with zero attached hydrogens (tertiary/aromatic N) is 4. The highest BCUT2D eigenvalue weighted by atomic mass is 16.6. The second-order valence-electron chi connectivity index (χ2n) is 4.98. The molecule has 0 radical (unpaired) electrons. The van der Waals surface area contributed by atoms with Gasteiger partial charge < -0.3 is 0 Å². The smallest absolute Gasteiger partial charge is 0.258 e. The van der Waals surface area contributed by atoms with E-state index >= 15 is 0 Å². The minimum Gasteiger partial charge on any atom is -0.258 e. The first kappa shape index (κ1) is 16.9. The molecule has 0 fully saturated rings. The van der Waals surface area contributed by atoms with Gasteiger partial charge in [0.15, 0.2) is 0 Å². The summed E-state index contributed by atoms with van der Waals surface area (Å²) < 4.78 is 0. The number of hydrogen-bond acceptors (Lipinski definition) is 6. The number of hydrogen-bond donors (Lipinski definition) is 0. The van der Waals surface area contributed by atoms with Crippen molar-refractivity contribution in [2.24, 2.45) is 10.2 Å². The lowest BCUT2D eigenvalue weighted by atomic mass is 10.1. The van der Waals surface area contributed by atoms with Crippen LogP contribution in [0, 0.1) is 20.2 Å². The molecular weight excluding hydrogens is 312 g/mol. The molecule has 24 heavy (non-hydrogen) atoms. The van der Waals surface area contributed by atoms with Gasteiger partial charge >= 0.3 is 0 Å². The van der Waals surface area contributed by atoms with Crippen LogP contribution in [-0.4, -0.2) is 21.3 Å². The predicted molar refractivity (Wildman–Crippen MR) is 90.6 cm³/mol. The molecule has 0 aliphatic heterocycles. The van der Waals surface area contributed by atoms with Gasteiger partial charge in [-0.2, -0.15) is 10.2 Å². The van der Waals surface area contributed by atoms with Crippen molar-refractivity contribution in [3.63, 3.8) is 0 Å². The van der Waals surface area contributed by atoms with Gasteiger partial charge in [-0.3, -0.25) is 20.2 Å². The van der Waals surface area contributed by atoms with Gasteiger partial charge in [0, 0.05) is 24.3 Å². The molecule has 8 heteroatoms. The zero-order chi connectivity index (χ0) is 17.7. The Morgan fingerprint density at radius 2 is 1.00 bits per heavy atom. The molecular formula is C16H14N4O4. The van der Waals surface area contributed by atoms with Crippen LogP contribution >= 0.6 is 0 Å². The van der Waals surface area contributed by atoms with Gasteiger partial charge in [-0.25, -0.2) is 0 Å². The largest absolute Gasteiger partial charge is 0.269 e. The van der Waals surface area contributed by atoms with E-state index in [1.807, 2.05) is 0 Å². The summed E-state index contributed by atoms with van der Waals surface area (Å²) in [4.78, 5) is 20.3. The van der Waals surface area contributed by atoms with Crippen molar-refractivity contribution in [1.82, 2.24) is 0 Å². The molecule has 0 aromatic heterocycles. The highest BCUT2D eigenvalue weighted by molar-refractivity contribution is 6.01. The van der Waals surface area contributed by atoms with E-state index in [1.165, 1.54) is 24.3 Å². The van der Waals surface area contributed by atoms with Crippen LogP contribution in [0.1, 0.15) is 25.0 Å². The molecule has 0 saturated heterocycles. The van der Waals surface area contributed by atoms with Crippen LogP contribution in [0.4, 0.5) is 11.4 Å². The molecule has 0 amide bonds. The van der Waals surface area contributed by atoms with Crippen LogP contribution < -0.4 is 0 Å². The molecule has 8 nitrogen and oxygen atoms in total. The van der Waals surface area contributed by atoms with E-state index in [2.05, 4.69) is 10.2 Å². The fraction of sp³-hybridized carbons (Fsp3) is 0.125. The number of non-ortho nitro benzene ring substituents is 2. The number of benzene rings is 2. The first-order chi connectivity index (χ1) is 11.4. The normalized spacial score (nSPS) is 12.1. The Morgan fingerprint density at radius 1 is 0.708 bits per heavy atom. The molecule has 2 aromatic carbocycles. The van der Waals surface area contributed by atoms with Crippen molar-refractivity contribution < 1.29 is 9.85 Å². The highest BCUT2D eigenvalue weighted by Crippen LogP contribution is 2.14. The second-order valence-corrected chi connectivity index (χ2v) is 4.98. The summed E-state index contributed by atoms with van der Waals surface area (Å²) in [6.45, 7) is 3.49. The van der Waals surface area contributed by atoms with E-state index in [0.29, 0.717) is 11.4 Å². The predicted octanol–water partition coefficient (Wildman–Crippen LogP) is 3.74. The average molecular weight is 326 g/mol. The summed E-state index contributed by atoms with van der Waals surface area (Å²) >= 11 is 0. The summed E-state index contributed by atoms with van der Waals surface area (Å²) in [7, 11) is 0. The number of nitro groups is 2. The molecule has 0 spiro atoms. The van der Waals surface area contributed by atoms with Crippen LogP contribution in [0.2, 0.25) is 0 Å². The second kappa shape index (κ2) is 7.23. The number of nitro benzene ring substituents is 2. The number of rotatable bonds is 5. The quantitative estimate of drug-likeness (QED) is 0.473. The van der Waals surface area contributed by atoms with Crippen molar-refractivity contribution in [1.29, 1.82) is 0 Å². The van der Waals surface area contributed by atoms with Crippen molar-refractivity contribution in [2.45, 2.75) is 13.8 Å². The summed E-state index contributed by atoms with van der Waals surface area (Å²) in [6, 6.07) is 12.0. The van der Waals surface area contributed by atoms with Crippen molar-refractivity contribution in [2.75, 3.05) is 0 Å². The molecule has 0 aliphatic rings. The van der Waals surface area contributed by atoms with Gasteiger partial charge in [-0.1, -0.05) is 0 Å². The lowest BCUT2D eigenvalue weighted by molar-refractivity contribution is -0.385. The minimum atomic E-state index is -0.465. The fourth-order valence-corrected chi connectivity index (χ4v) is 1.91. The molecule has 2 aromatic rings. The fourth-order valence-electron chi connectivity index (χ4n) is 1.91. The zero-order valence-electron chi connectivity index (χ0n) is 13.0. The Balaban J connectivity index is 2.18. The van der Waals surface area contributed by atoms with Gasteiger partial charge in [0.2, 0.25) is 0 Å². The molecule has 0 unspecified atom stereocenters. The molecule has 2 rings (SSSR count). The maximum Gasteiger partial charge on any atom is 0.269 e. The van der Waals surface area contributed by atoms with E-state index < -0.39 is 9.85 Å². The average Bonchev–Trinajstić information content (AvgIpc) is 2.59. The lowest BCUT2D eigenvalue weighted by Gasteiger charge is -2.00. The van der Waals surface area contributed by atoms with Crippen LogP contribution in [0.5, 0.6) is 0 Å². The Labute approximate surface area is 137 Å². The standard InChI is InChI=1S/C16H14N4O4/c1-11(13-3-7-15(8-4-13)19(21)22)17-18-12(2)14-5-9-16(10-6-14)20(23)24/h3-10H,1-2H3/b17-11+,18-12?. The third kappa shape index (κ3) is 4.07. The topological polar surface area (TPSA) is 111 Å². The Bertz CT molecular complexity index is 753. The van der Waals surface area contributed by atoms with Gasteiger partial charge in [0.25, 0.3) is 11.4 Å². The third-order valence-corrected chi connectivity index (χ3v) is 3.34. The summed E-state index contributed by atoms with van der Waals surface area (Å²) in [5.74, 6) is 0. The van der Waals surface area contributed by atoms with Crippen molar-refractivity contribution in [3.05, 3.63) is 79.9 Å². The van der Waals surface area contributed by atoms with E-state index in [1.54, 1.807) is 38.1 Å². The Hall–Kier alpha value is -3.42. The Morgan fingerprint density at radius 3 is 1.25 bits per heavy atom. The highest BCUT2D eigenvalue weighted by Gasteiger charge is 2.07. The minimum absolute atomic E-state index is 0.0112. The maximum atomic E-state index is 10.6. The molecule has 0 atom stereocenters. The van der Waals surface area contributed by atoms with E-state index in [-0.39, 0.29) is 11.4 Å². The van der Waals surface area contributed by atoms with Crippen LogP contribution in [-0.2, 0) is 0 Å². The molecule has 0 bridgehead atoms. The maximum absolute atomic E-state index is 10.6. The lowest BCUT2D eigenvalue weighted by Crippen LogP contribution is -1.98. The first-order valence-corrected chi connectivity index (χ1v) is 6.97. The van der Waals surface area contributed by atoms with E-state index in [4.69, 9.17) is 0 Å². The van der Waals surface area contributed by atoms with Crippen LogP contribution in [0.25, 0.3) is 0 Å². The molecule has 122 valence electrons. The van der Waals surface area contributed by atoms with Gasteiger partial charge in [0.1, 0.15) is 0 Å². The van der Waals surface area contributed by atoms with Crippen LogP contribution in [0.15, 0.2) is 58.7 Å². The zero-order valence-corrected chi connectivity index (χ0v) is 13.0. The summed E-state index contributed by atoms with van der Waals surface area (Å²) in [6.07, 6.45) is 0. The summed E-state index contributed by atoms with van der Waals surface area (Å²) in [5.41, 5.74) is 2.67.